The minimum Gasteiger partial charge on any atom is -0.508 e. The average molecular weight is 366 g/mol. The summed E-state index contributed by atoms with van der Waals surface area (Å²) >= 11 is 0. The number of nitrogens with one attached hydrogen (secondary N) is 1. The first-order valence-corrected chi connectivity index (χ1v) is 9.80. The van der Waals surface area contributed by atoms with Crippen molar-refractivity contribution in [3.63, 3.8) is 0 Å². The van der Waals surface area contributed by atoms with E-state index in [1.807, 2.05) is 34.6 Å². The van der Waals surface area contributed by atoms with Crippen molar-refractivity contribution in [3.05, 3.63) is 11.3 Å². The minimum absolute atomic E-state index is 0.0715. The molecule has 0 aromatic heterocycles. The van der Waals surface area contributed by atoms with Crippen LogP contribution < -0.4 is 0 Å². The van der Waals surface area contributed by atoms with Gasteiger partial charge in [-0.25, -0.2) is 0 Å². The Morgan fingerprint density at radius 2 is 1.69 bits per heavy atom. The Morgan fingerprint density at radius 3 is 2.15 bits per heavy atom. The number of hydrogen-bond acceptors (Lipinski definition) is 5. The smallest absolute Gasteiger partial charge is 0.176 e. The lowest BCUT2D eigenvalue weighted by Crippen LogP contribution is -2.46. The number of hydrogen-bond donors (Lipinski definition) is 3. The molecule has 0 heterocycles. The fraction of sp³-hybridized carbons (Fsp3) is 0.762. The maximum Gasteiger partial charge on any atom is 0.176 e. The lowest BCUT2D eigenvalue weighted by molar-refractivity contribution is -0.126. The number of allylic oxidation sites excluding steroid dienone is 1. The Balaban J connectivity index is 3.31. The van der Waals surface area contributed by atoms with Gasteiger partial charge in [0.2, 0.25) is 0 Å². The second-order valence-electron chi connectivity index (χ2n) is 8.46. The average Bonchev–Trinajstić information content (AvgIpc) is 2.76. The molecular formula is C21H35NO4. The van der Waals surface area contributed by atoms with Gasteiger partial charge in [0.15, 0.2) is 17.2 Å². The van der Waals surface area contributed by atoms with Gasteiger partial charge in [0.1, 0.15) is 11.3 Å². The van der Waals surface area contributed by atoms with Crippen molar-refractivity contribution in [2.45, 2.75) is 79.2 Å². The summed E-state index contributed by atoms with van der Waals surface area (Å²) < 4.78 is 0. The second-order valence-corrected chi connectivity index (χ2v) is 8.46. The van der Waals surface area contributed by atoms with Gasteiger partial charge in [0, 0.05) is 11.6 Å². The molecule has 5 nitrogen and oxygen atoms in total. The van der Waals surface area contributed by atoms with E-state index in [1.165, 1.54) is 0 Å². The van der Waals surface area contributed by atoms with Gasteiger partial charge in [-0.3, -0.25) is 9.59 Å². The monoisotopic (exact) mass is 365 g/mol. The van der Waals surface area contributed by atoms with Gasteiger partial charge in [0.25, 0.3) is 0 Å². The topological polar surface area (TPSA) is 98.4 Å². The predicted molar refractivity (Wildman–Crippen MR) is 103 cm³/mol. The Hall–Kier alpha value is -1.49. The van der Waals surface area contributed by atoms with Crippen LogP contribution in [-0.4, -0.2) is 33.1 Å². The Bertz CT molecular complexity index is 591. The standard InChI is InChI=1S/C21H35NO4/c1-7-14(6)18(23)17-19(24)15(10-8-12(2)3)21(26,20(17)25)16(22)11-9-13(4)5/h12-15,22,25-26H,7-11H2,1-6H3. The number of ketones is 2. The van der Waals surface area contributed by atoms with Crippen molar-refractivity contribution in [3.8, 4) is 0 Å². The summed E-state index contributed by atoms with van der Waals surface area (Å²) in [7, 11) is 0. The van der Waals surface area contributed by atoms with Crippen LogP contribution in [0.5, 0.6) is 0 Å². The maximum absolute atomic E-state index is 13.0. The summed E-state index contributed by atoms with van der Waals surface area (Å²) in [4.78, 5) is 25.6. The molecule has 1 aliphatic carbocycles. The van der Waals surface area contributed by atoms with Crippen LogP contribution in [0.4, 0.5) is 0 Å². The minimum atomic E-state index is -2.04. The highest BCUT2D eigenvalue weighted by atomic mass is 16.3. The number of Topliss-reactive ketones (excluding diaryl/α,β-unsaturated/α-hetero) is 2. The lowest BCUT2D eigenvalue weighted by atomic mass is 9.78. The van der Waals surface area contributed by atoms with E-state index >= 15 is 0 Å². The molecule has 3 unspecified atom stereocenters. The van der Waals surface area contributed by atoms with E-state index in [-0.39, 0.29) is 17.7 Å². The first-order valence-electron chi connectivity index (χ1n) is 9.80. The van der Waals surface area contributed by atoms with Crippen LogP contribution in [0.25, 0.3) is 0 Å². The van der Waals surface area contributed by atoms with Crippen molar-refractivity contribution < 1.29 is 19.8 Å². The van der Waals surface area contributed by atoms with Gasteiger partial charge in [-0.2, -0.15) is 0 Å². The van der Waals surface area contributed by atoms with E-state index < -0.39 is 34.8 Å². The molecule has 1 rings (SSSR count). The number of rotatable bonds is 10. The largest absolute Gasteiger partial charge is 0.508 e. The molecule has 0 fully saturated rings. The zero-order valence-electron chi connectivity index (χ0n) is 17.1. The van der Waals surface area contributed by atoms with E-state index in [0.29, 0.717) is 37.5 Å². The molecule has 1 aliphatic rings. The summed E-state index contributed by atoms with van der Waals surface area (Å²) in [6, 6.07) is 0. The molecule has 0 saturated carbocycles. The molecule has 0 saturated heterocycles. The third-order valence-corrected chi connectivity index (χ3v) is 5.44. The van der Waals surface area contributed by atoms with Crippen LogP contribution >= 0.6 is 0 Å². The molecule has 5 heteroatoms. The first-order chi connectivity index (χ1) is 12.0. The number of aliphatic hydroxyl groups is 2. The normalized spacial score (nSPS) is 24.7. The van der Waals surface area contributed by atoms with Crippen LogP contribution in [0.15, 0.2) is 11.3 Å². The third-order valence-electron chi connectivity index (χ3n) is 5.44. The third kappa shape index (κ3) is 4.43. The van der Waals surface area contributed by atoms with E-state index in [0.717, 1.165) is 0 Å². The van der Waals surface area contributed by atoms with E-state index in [9.17, 15) is 19.8 Å². The van der Waals surface area contributed by atoms with Crippen LogP contribution in [0, 0.1) is 29.1 Å². The molecule has 148 valence electrons. The lowest BCUT2D eigenvalue weighted by Gasteiger charge is -2.31. The van der Waals surface area contributed by atoms with E-state index in [4.69, 9.17) is 5.41 Å². The molecule has 0 amide bonds. The quantitative estimate of drug-likeness (QED) is 0.398. The molecule has 0 aromatic carbocycles. The van der Waals surface area contributed by atoms with Crippen LogP contribution in [-0.2, 0) is 9.59 Å². The van der Waals surface area contributed by atoms with E-state index in [2.05, 4.69) is 0 Å². The van der Waals surface area contributed by atoms with Crippen LogP contribution in [0.3, 0.4) is 0 Å². The van der Waals surface area contributed by atoms with Gasteiger partial charge in [-0.15, -0.1) is 0 Å². The Kier molecular flexibility index (Phi) is 7.75. The summed E-state index contributed by atoms with van der Waals surface area (Å²) in [6.07, 6.45) is 2.53. The van der Waals surface area contributed by atoms with E-state index in [1.54, 1.807) is 6.92 Å². The zero-order chi connectivity index (χ0) is 20.2. The summed E-state index contributed by atoms with van der Waals surface area (Å²) in [5, 5.41) is 30.4. The fourth-order valence-electron chi connectivity index (χ4n) is 3.32. The number of carbonyl (C=O) groups is 2. The predicted octanol–water partition coefficient (Wildman–Crippen LogP) is 4.24. The van der Waals surface area contributed by atoms with Crippen molar-refractivity contribution in [2.24, 2.45) is 23.7 Å². The molecule has 0 spiro atoms. The fourth-order valence-corrected chi connectivity index (χ4v) is 3.32. The molecule has 3 N–H and O–H groups in total. The molecule has 0 radical (unpaired) electrons. The van der Waals surface area contributed by atoms with Gasteiger partial charge in [0.05, 0.1) is 5.92 Å². The van der Waals surface area contributed by atoms with Gasteiger partial charge >= 0.3 is 0 Å². The number of aliphatic hydroxyl groups excluding tert-OH is 1. The highest BCUT2D eigenvalue weighted by molar-refractivity contribution is 6.26. The van der Waals surface area contributed by atoms with Crippen molar-refractivity contribution in [1.82, 2.24) is 0 Å². The second kappa shape index (κ2) is 8.94. The Labute approximate surface area is 157 Å². The number of carbonyl (C=O) groups excluding carboxylic acids is 2. The molecule has 3 atom stereocenters. The molecular weight excluding hydrogens is 330 g/mol. The van der Waals surface area contributed by atoms with Crippen LogP contribution in [0.1, 0.15) is 73.6 Å². The highest BCUT2D eigenvalue weighted by Gasteiger charge is 2.57. The van der Waals surface area contributed by atoms with Crippen LogP contribution in [0.2, 0.25) is 0 Å². The molecule has 26 heavy (non-hydrogen) atoms. The first kappa shape index (κ1) is 22.6. The molecule has 0 bridgehead atoms. The summed E-state index contributed by atoms with van der Waals surface area (Å²) in [5.74, 6) is -2.26. The van der Waals surface area contributed by atoms with Gasteiger partial charge < -0.3 is 15.6 Å². The summed E-state index contributed by atoms with van der Waals surface area (Å²) in [6.45, 7) is 11.6. The zero-order valence-corrected chi connectivity index (χ0v) is 17.1. The Morgan fingerprint density at radius 1 is 1.15 bits per heavy atom. The van der Waals surface area contributed by atoms with Gasteiger partial charge in [-0.1, -0.05) is 48.0 Å². The van der Waals surface area contributed by atoms with Gasteiger partial charge in [-0.05, 0) is 37.5 Å². The van der Waals surface area contributed by atoms with Crippen molar-refractivity contribution in [1.29, 1.82) is 5.41 Å². The molecule has 0 aliphatic heterocycles. The molecule has 0 aromatic rings. The highest BCUT2D eigenvalue weighted by Crippen LogP contribution is 2.43. The SMILES string of the molecule is CCC(C)C(=O)C1=C(O)C(O)(C(=N)CCC(C)C)C(CCC(C)C)C1=O. The summed E-state index contributed by atoms with van der Waals surface area (Å²) in [5.41, 5.74) is -2.40. The van der Waals surface area contributed by atoms with Crippen molar-refractivity contribution >= 4 is 17.3 Å². The maximum atomic E-state index is 13.0. The van der Waals surface area contributed by atoms with Crippen molar-refractivity contribution in [2.75, 3.05) is 0 Å².